The Bertz CT molecular complexity index is 1270. The van der Waals surface area contributed by atoms with Gasteiger partial charge in [0.25, 0.3) is 5.56 Å². The van der Waals surface area contributed by atoms with Crippen molar-refractivity contribution in [2.75, 3.05) is 10.7 Å². The smallest absolute Gasteiger partial charge is 0.251 e. The molecule has 0 saturated carbocycles. The molecule has 1 aliphatic heterocycles. The van der Waals surface area contributed by atoms with E-state index in [9.17, 15) is 9.59 Å². The highest BCUT2D eigenvalue weighted by molar-refractivity contribution is 7.99. The number of carbonyl (C=O) groups is 1. The zero-order valence-corrected chi connectivity index (χ0v) is 21.0. The molecule has 0 aliphatic carbocycles. The fourth-order valence-corrected chi connectivity index (χ4v) is 5.61. The molecule has 8 heteroatoms. The summed E-state index contributed by atoms with van der Waals surface area (Å²) in [5.41, 5.74) is 3.10. The van der Waals surface area contributed by atoms with Crippen LogP contribution >= 0.6 is 35.1 Å². The quantitative estimate of drug-likeness (QED) is 0.332. The van der Waals surface area contributed by atoms with Crippen LogP contribution < -0.4 is 10.5 Å². The lowest BCUT2D eigenvalue weighted by Crippen LogP contribution is -2.49. The van der Waals surface area contributed by atoms with Crippen molar-refractivity contribution in [3.8, 4) is 0 Å². The Kier molecular flexibility index (Phi) is 7.02. The molecule has 2 aromatic carbocycles. The van der Waals surface area contributed by atoms with Gasteiger partial charge in [-0.15, -0.1) is 11.8 Å². The third-order valence-electron chi connectivity index (χ3n) is 5.27. The van der Waals surface area contributed by atoms with E-state index in [-0.39, 0.29) is 17.2 Å². The van der Waals surface area contributed by atoms with Gasteiger partial charge >= 0.3 is 0 Å². The van der Waals surface area contributed by atoms with Crippen LogP contribution in [0.1, 0.15) is 32.0 Å². The van der Waals surface area contributed by atoms with Crippen LogP contribution in [0.5, 0.6) is 0 Å². The summed E-state index contributed by atoms with van der Waals surface area (Å²) < 4.78 is 0. The van der Waals surface area contributed by atoms with E-state index in [2.05, 4.69) is 23.0 Å². The molecule has 0 spiro atoms. The summed E-state index contributed by atoms with van der Waals surface area (Å²) in [5.74, 6) is 0.676. The van der Waals surface area contributed by atoms with Crippen LogP contribution in [0.15, 0.2) is 75.5 Å². The van der Waals surface area contributed by atoms with Crippen LogP contribution in [-0.4, -0.2) is 27.2 Å². The van der Waals surface area contributed by atoms with Crippen LogP contribution in [0.25, 0.3) is 5.57 Å². The Morgan fingerprint density at radius 2 is 1.85 bits per heavy atom. The van der Waals surface area contributed by atoms with Crippen molar-refractivity contribution >= 4 is 52.3 Å². The van der Waals surface area contributed by atoms with E-state index in [0.717, 1.165) is 21.7 Å². The fourth-order valence-electron chi connectivity index (χ4n) is 3.95. The summed E-state index contributed by atoms with van der Waals surface area (Å²) in [6.45, 7) is 6.13. The number of rotatable bonds is 6. The number of nitrogens with one attached hydrogen (secondary N) is 1. The van der Waals surface area contributed by atoms with Crippen molar-refractivity contribution in [1.29, 1.82) is 0 Å². The highest BCUT2D eigenvalue weighted by Gasteiger charge is 2.35. The molecule has 33 heavy (non-hydrogen) atoms. The van der Waals surface area contributed by atoms with Gasteiger partial charge in [-0.05, 0) is 56.7 Å². The molecule has 0 unspecified atom stereocenters. The van der Waals surface area contributed by atoms with Crippen molar-refractivity contribution < 1.29 is 4.79 Å². The van der Waals surface area contributed by atoms with Gasteiger partial charge in [0.15, 0.2) is 5.16 Å². The third-order valence-corrected chi connectivity index (χ3v) is 7.43. The Morgan fingerprint density at radius 1 is 1.12 bits per heavy atom. The molecule has 0 radical (unpaired) electrons. The van der Waals surface area contributed by atoms with E-state index in [4.69, 9.17) is 11.6 Å². The average Bonchev–Trinajstić information content (AvgIpc) is 2.76. The molecule has 1 amide bonds. The van der Waals surface area contributed by atoms with Gasteiger partial charge < -0.3 is 9.88 Å². The topological polar surface area (TPSA) is 66.1 Å². The highest BCUT2D eigenvalue weighted by atomic mass is 35.5. The molecule has 1 aromatic heterocycles. The molecule has 0 bridgehead atoms. The largest absolute Gasteiger partial charge is 0.302 e. The number of para-hydroxylation sites is 1. The lowest BCUT2D eigenvalue weighted by Gasteiger charge is -2.41. The number of hydrogen-bond acceptors (Lipinski definition) is 5. The Morgan fingerprint density at radius 3 is 2.61 bits per heavy atom. The van der Waals surface area contributed by atoms with Gasteiger partial charge in [0, 0.05) is 27.3 Å². The van der Waals surface area contributed by atoms with Crippen molar-refractivity contribution in [3.05, 3.63) is 87.3 Å². The number of nitrogens with zero attached hydrogens (tertiary/aromatic N) is 2. The second-order valence-electron chi connectivity index (χ2n) is 8.30. The van der Waals surface area contributed by atoms with Crippen LogP contribution in [0, 0.1) is 0 Å². The van der Waals surface area contributed by atoms with Gasteiger partial charge in [0.1, 0.15) is 0 Å². The van der Waals surface area contributed by atoms with Gasteiger partial charge in [-0.3, -0.25) is 9.59 Å². The van der Waals surface area contributed by atoms with Crippen LogP contribution in [0.4, 0.5) is 5.69 Å². The van der Waals surface area contributed by atoms with Crippen molar-refractivity contribution in [2.24, 2.45) is 0 Å². The first-order valence-electron chi connectivity index (χ1n) is 10.5. The second-order valence-corrected chi connectivity index (χ2v) is 10.7. The predicted octanol–water partition coefficient (Wildman–Crippen LogP) is 6.04. The maximum Gasteiger partial charge on any atom is 0.251 e. The van der Waals surface area contributed by atoms with Gasteiger partial charge in [0.2, 0.25) is 5.91 Å². The summed E-state index contributed by atoms with van der Waals surface area (Å²) in [4.78, 5) is 35.7. The minimum absolute atomic E-state index is 0.0372. The average molecular weight is 498 g/mol. The molecular formula is C25H24ClN3O2S2. The Balaban J connectivity index is 1.47. The minimum atomic E-state index is -0.450. The lowest BCUT2D eigenvalue weighted by atomic mass is 9.89. The number of anilines is 1. The van der Waals surface area contributed by atoms with Crippen molar-refractivity contribution in [2.45, 2.75) is 42.1 Å². The first-order chi connectivity index (χ1) is 15.7. The monoisotopic (exact) mass is 497 g/mol. The zero-order chi connectivity index (χ0) is 23.6. The van der Waals surface area contributed by atoms with Crippen LogP contribution in [-0.2, 0) is 10.5 Å². The molecule has 0 fully saturated rings. The standard InChI is InChI=1S/C25H24ClN3O2S2/c1-16-13-25(2,3)29(21-7-5-4-6-20(16)21)23(31)15-33-24-27-18(12-22(30)28-24)14-32-19-10-8-17(26)9-11-19/h4-13H,14-15H2,1-3H3,(H,27,28,30). The first kappa shape index (κ1) is 23.7. The van der Waals surface area contributed by atoms with E-state index in [1.54, 1.807) is 11.8 Å². The number of fused-ring (bicyclic) bond motifs is 1. The molecule has 5 nitrogen and oxygen atoms in total. The molecule has 0 atom stereocenters. The number of benzene rings is 2. The van der Waals surface area contributed by atoms with Gasteiger partial charge in [-0.1, -0.05) is 47.6 Å². The summed E-state index contributed by atoms with van der Waals surface area (Å²) in [6.07, 6.45) is 2.12. The van der Waals surface area contributed by atoms with Crippen LogP contribution in [0.2, 0.25) is 5.02 Å². The predicted molar refractivity (Wildman–Crippen MR) is 138 cm³/mol. The number of carbonyl (C=O) groups excluding carboxylic acids is 1. The fraction of sp³-hybridized carbons (Fsp3) is 0.240. The van der Waals surface area contributed by atoms with E-state index in [1.807, 2.05) is 67.3 Å². The van der Waals surface area contributed by atoms with E-state index in [1.165, 1.54) is 17.8 Å². The molecule has 1 N–H and O–H groups in total. The summed E-state index contributed by atoms with van der Waals surface area (Å²) in [7, 11) is 0. The molecule has 1 aliphatic rings. The molecule has 0 saturated heterocycles. The highest BCUT2D eigenvalue weighted by Crippen LogP contribution is 2.39. The summed E-state index contributed by atoms with van der Waals surface area (Å²) in [5, 5.41) is 1.12. The van der Waals surface area contributed by atoms with Gasteiger partial charge in [-0.2, -0.15) is 0 Å². The van der Waals surface area contributed by atoms with E-state index in [0.29, 0.717) is 21.6 Å². The van der Waals surface area contributed by atoms with E-state index < -0.39 is 5.54 Å². The summed E-state index contributed by atoms with van der Waals surface area (Å²) in [6, 6.07) is 17.0. The van der Waals surface area contributed by atoms with E-state index >= 15 is 0 Å². The van der Waals surface area contributed by atoms with Gasteiger partial charge in [-0.25, -0.2) is 4.98 Å². The van der Waals surface area contributed by atoms with Crippen molar-refractivity contribution in [1.82, 2.24) is 9.97 Å². The Hall–Kier alpha value is -2.48. The first-order valence-corrected chi connectivity index (χ1v) is 12.8. The molecule has 2 heterocycles. The zero-order valence-electron chi connectivity index (χ0n) is 18.6. The van der Waals surface area contributed by atoms with Gasteiger partial charge in [0.05, 0.1) is 22.7 Å². The van der Waals surface area contributed by atoms with Crippen LogP contribution in [0.3, 0.4) is 0 Å². The minimum Gasteiger partial charge on any atom is -0.302 e. The summed E-state index contributed by atoms with van der Waals surface area (Å²) >= 11 is 8.75. The lowest BCUT2D eigenvalue weighted by molar-refractivity contribution is -0.116. The number of thioether (sulfide) groups is 2. The third kappa shape index (κ3) is 5.54. The SMILES string of the molecule is CC1=CC(C)(C)N(C(=O)CSc2nc(CSc3ccc(Cl)cc3)cc(=O)[nH]2)c2ccccc21. The second kappa shape index (κ2) is 9.79. The normalized spacial score (nSPS) is 14.5. The van der Waals surface area contributed by atoms with Crippen molar-refractivity contribution in [3.63, 3.8) is 0 Å². The Labute approximate surface area is 206 Å². The maximum absolute atomic E-state index is 13.3. The molecular weight excluding hydrogens is 474 g/mol. The number of aromatic amines is 1. The number of halogens is 1. The number of H-pyrrole nitrogens is 1. The molecule has 4 rings (SSSR count). The number of hydrogen-bond donors (Lipinski definition) is 1. The molecule has 170 valence electrons. The maximum atomic E-state index is 13.3. The molecule has 3 aromatic rings. The number of allylic oxidation sites excluding steroid dienone is 1. The number of amides is 1. The number of aromatic nitrogens is 2.